The van der Waals surface area contributed by atoms with Gasteiger partial charge in [0, 0.05) is 25.0 Å². The van der Waals surface area contributed by atoms with E-state index >= 15 is 0 Å². The lowest BCUT2D eigenvalue weighted by atomic mass is 9.87. The minimum Gasteiger partial charge on any atom is -0.327 e. The molecule has 1 fully saturated rings. The van der Waals surface area contributed by atoms with Crippen molar-refractivity contribution in [2.45, 2.75) is 51.5 Å². The van der Waals surface area contributed by atoms with Crippen LogP contribution in [-0.4, -0.2) is 34.1 Å². The Morgan fingerprint density at radius 3 is 2.00 bits per heavy atom. The Morgan fingerprint density at radius 1 is 0.829 bits per heavy atom. The molecule has 0 unspecified atom stereocenters. The fraction of sp³-hybridized carbons (Fsp3) is 0.367. The fourth-order valence-electron chi connectivity index (χ4n) is 5.13. The first-order chi connectivity index (χ1) is 17.2. The predicted molar refractivity (Wildman–Crippen MR) is 140 cm³/mol. The van der Waals surface area contributed by atoms with E-state index < -0.39 is 0 Å². The van der Waals surface area contributed by atoms with Crippen LogP contribution >= 0.6 is 0 Å². The maximum Gasteiger partial charge on any atom is 0.123 e. The summed E-state index contributed by atoms with van der Waals surface area (Å²) in [6, 6.07) is 22.3. The summed E-state index contributed by atoms with van der Waals surface area (Å²) in [6.45, 7) is 7.19. The molecule has 3 aromatic carbocycles. The first kappa shape index (κ1) is 25.1. The van der Waals surface area contributed by atoms with E-state index in [-0.39, 0.29) is 17.6 Å². The number of para-hydroxylation sites is 2. The lowest BCUT2D eigenvalue weighted by Gasteiger charge is -2.33. The highest BCUT2D eigenvalue weighted by molar-refractivity contribution is 5.75. The van der Waals surface area contributed by atoms with Crippen LogP contribution in [0.4, 0.5) is 8.78 Å². The summed E-state index contributed by atoms with van der Waals surface area (Å²) in [5.74, 6) is -0.323. The molecule has 1 aromatic heterocycles. The molecule has 0 saturated carbocycles. The van der Waals surface area contributed by atoms with Crippen LogP contribution in [0, 0.1) is 11.6 Å². The maximum atomic E-state index is 13.5. The van der Waals surface area contributed by atoms with Gasteiger partial charge in [-0.15, -0.1) is 0 Å². The van der Waals surface area contributed by atoms with Crippen LogP contribution in [0.5, 0.6) is 0 Å². The van der Waals surface area contributed by atoms with Crippen molar-refractivity contribution in [3.05, 3.63) is 102 Å². The zero-order chi connectivity index (χ0) is 24.6. The second-order valence-corrected chi connectivity index (χ2v) is 9.01. The molecular weight excluding hydrogens is 440 g/mol. The smallest absolute Gasteiger partial charge is 0.123 e. The summed E-state index contributed by atoms with van der Waals surface area (Å²) in [5.41, 5.74) is 4.44. The molecule has 2 heterocycles. The largest absolute Gasteiger partial charge is 0.327 e. The Balaban J connectivity index is 0.00000141. The van der Waals surface area contributed by atoms with Crippen molar-refractivity contribution in [3.63, 3.8) is 0 Å². The van der Waals surface area contributed by atoms with E-state index in [9.17, 15) is 8.78 Å². The molecule has 35 heavy (non-hydrogen) atoms. The number of imidazole rings is 1. The van der Waals surface area contributed by atoms with E-state index in [1.165, 1.54) is 29.8 Å². The van der Waals surface area contributed by atoms with Gasteiger partial charge in [0.25, 0.3) is 0 Å². The maximum absolute atomic E-state index is 13.5. The molecule has 1 aliphatic rings. The number of hydrogen-bond donors (Lipinski definition) is 0. The van der Waals surface area contributed by atoms with Crippen LogP contribution in [-0.2, 0) is 0 Å². The van der Waals surface area contributed by atoms with E-state index in [0.717, 1.165) is 62.0 Å². The molecule has 5 rings (SSSR count). The average Bonchev–Trinajstić information content (AvgIpc) is 3.34. The molecule has 0 bridgehead atoms. The SMILES string of the molecule is CC.Fc1ccc(C(CCCN2CCC(n3cnc4ccccc43)CC2)c2ccc(F)cc2)cc1. The minimum atomic E-state index is -0.231. The van der Waals surface area contributed by atoms with Gasteiger partial charge in [-0.1, -0.05) is 50.2 Å². The molecule has 184 valence electrons. The van der Waals surface area contributed by atoms with Crippen LogP contribution in [0.1, 0.15) is 62.6 Å². The van der Waals surface area contributed by atoms with Gasteiger partial charge >= 0.3 is 0 Å². The lowest BCUT2D eigenvalue weighted by Crippen LogP contribution is -2.35. The van der Waals surface area contributed by atoms with Crippen LogP contribution in [0.15, 0.2) is 79.1 Å². The number of halogens is 2. The summed E-state index contributed by atoms with van der Waals surface area (Å²) in [5, 5.41) is 0. The standard InChI is InChI=1S/C28H29F2N3.C2H6/c29-23-11-7-21(8-12-23)26(22-9-13-24(30)14-10-22)4-3-17-32-18-15-25(16-19-32)33-20-31-27-5-1-2-6-28(27)33;1-2/h1-2,5-14,20,25-26H,3-4,15-19H2;1-2H3. The van der Waals surface area contributed by atoms with E-state index in [4.69, 9.17) is 0 Å². The monoisotopic (exact) mass is 475 g/mol. The third kappa shape index (κ3) is 6.15. The molecule has 1 aliphatic heterocycles. The van der Waals surface area contributed by atoms with Gasteiger partial charge in [-0.2, -0.15) is 0 Å². The number of nitrogens with zero attached hydrogens (tertiary/aromatic N) is 3. The first-order valence-electron chi connectivity index (χ1n) is 12.8. The number of rotatable bonds is 7. The molecule has 1 saturated heterocycles. The highest BCUT2D eigenvalue weighted by Crippen LogP contribution is 2.31. The average molecular weight is 476 g/mol. The molecule has 0 amide bonds. The second-order valence-electron chi connectivity index (χ2n) is 9.01. The number of fused-ring (bicyclic) bond motifs is 1. The van der Waals surface area contributed by atoms with Crippen molar-refractivity contribution < 1.29 is 8.78 Å². The van der Waals surface area contributed by atoms with Crippen molar-refractivity contribution in [1.82, 2.24) is 14.5 Å². The summed E-state index contributed by atoms with van der Waals surface area (Å²) >= 11 is 0. The van der Waals surface area contributed by atoms with E-state index in [2.05, 4.69) is 32.7 Å². The van der Waals surface area contributed by atoms with Crippen molar-refractivity contribution >= 4 is 11.0 Å². The van der Waals surface area contributed by atoms with Crippen molar-refractivity contribution in [1.29, 1.82) is 0 Å². The Labute approximate surface area is 207 Å². The van der Waals surface area contributed by atoms with Gasteiger partial charge < -0.3 is 9.47 Å². The molecule has 0 radical (unpaired) electrons. The van der Waals surface area contributed by atoms with Gasteiger partial charge in [-0.25, -0.2) is 13.8 Å². The van der Waals surface area contributed by atoms with Gasteiger partial charge in [-0.05, 0) is 79.8 Å². The van der Waals surface area contributed by atoms with E-state index in [1.54, 1.807) is 0 Å². The zero-order valence-corrected chi connectivity index (χ0v) is 20.7. The Hall–Kier alpha value is -3.05. The molecule has 3 nitrogen and oxygen atoms in total. The van der Waals surface area contributed by atoms with Crippen LogP contribution in [0.25, 0.3) is 11.0 Å². The molecule has 0 spiro atoms. The highest BCUT2D eigenvalue weighted by Gasteiger charge is 2.22. The molecule has 5 heteroatoms. The Morgan fingerprint density at radius 2 is 1.40 bits per heavy atom. The lowest BCUT2D eigenvalue weighted by molar-refractivity contribution is 0.185. The predicted octanol–water partition coefficient (Wildman–Crippen LogP) is 7.59. The van der Waals surface area contributed by atoms with Gasteiger partial charge in [0.1, 0.15) is 11.6 Å². The second kappa shape index (κ2) is 12.1. The molecule has 0 N–H and O–H groups in total. The number of likely N-dealkylation sites (tertiary alicyclic amines) is 1. The third-order valence-electron chi connectivity index (χ3n) is 6.94. The normalized spacial score (nSPS) is 14.8. The summed E-state index contributed by atoms with van der Waals surface area (Å²) in [6.07, 6.45) is 6.22. The molecule has 0 aliphatic carbocycles. The number of benzene rings is 3. The quantitative estimate of drug-likeness (QED) is 0.275. The Bertz CT molecular complexity index is 1130. The van der Waals surface area contributed by atoms with Crippen LogP contribution in [0.3, 0.4) is 0 Å². The molecule has 4 aromatic rings. The summed E-state index contributed by atoms with van der Waals surface area (Å²) in [7, 11) is 0. The molecular formula is C30H35F2N3. The highest BCUT2D eigenvalue weighted by atomic mass is 19.1. The van der Waals surface area contributed by atoms with Crippen molar-refractivity contribution in [2.24, 2.45) is 0 Å². The van der Waals surface area contributed by atoms with Gasteiger partial charge in [0.05, 0.1) is 17.4 Å². The number of aromatic nitrogens is 2. The number of hydrogen-bond acceptors (Lipinski definition) is 2. The minimum absolute atomic E-state index is 0.140. The first-order valence-corrected chi connectivity index (χ1v) is 12.8. The van der Waals surface area contributed by atoms with Gasteiger partial charge in [0.15, 0.2) is 0 Å². The van der Waals surface area contributed by atoms with E-state index in [1.807, 2.05) is 50.5 Å². The zero-order valence-electron chi connectivity index (χ0n) is 20.7. The van der Waals surface area contributed by atoms with Crippen molar-refractivity contribution in [3.8, 4) is 0 Å². The third-order valence-corrected chi connectivity index (χ3v) is 6.94. The topological polar surface area (TPSA) is 21.1 Å². The van der Waals surface area contributed by atoms with E-state index in [0.29, 0.717) is 6.04 Å². The molecule has 0 atom stereocenters. The summed E-state index contributed by atoms with van der Waals surface area (Å²) in [4.78, 5) is 7.10. The van der Waals surface area contributed by atoms with Crippen molar-refractivity contribution in [2.75, 3.05) is 19.6 Å². The summed E-state index contributed by atoms with van der Waals surface area (Å²) < 4.78 is 29.3. The Kier molecular flexibility index (Phi) is 8.64. The van der Waals surface area contributed by atoms with Crippen LogP contribution < -0.4 is 0 Å². The van der Waals surface area contributed by atoms with Crippen LogP contribution in [0.2, 0.25) is 0 Å². The fourth-order valence-corrected chi connectivity index (χ4v) is 5.13. The number of piperidine rings is 1. The van der Waals surface area contributed by atoms with Gasteiger partial charge in [0.2, 0.25) is 0 Å². The van der Waals surface area contributed by atoms with Gasteiger partial charge in [-0.3, -0.25) is 0 Å².